The van der Waals surface area contributed by atoms with Crippen molar-refractivity contribution in [2.45, 2.75) is 12.2 Å². The fourth-order valence-electron chi connectivity index (χ4n) is 3.53. The van der Waals surface area contributed by atoms with Crippen LogP contribution in [-0.2, 0) is 20.5 Å². The molecule has 0 spiro atoms. The highest BCUT2D eigenvalue weighted by molar-refractivity contribution is 6.11. The maximum atomic E-state index is 13.1. The molecule has 7 heteroatoms. The van der Waals surface area contributed by atoms with Crippen molar-refractivity contribution < 1.29 is 27.5 Å². The molecule has 2 atom stereocenters. The van der Waals surface area contributed by atoms with Crippen LogP contribution in [0.2, 0.25) is 0 Å². The molecule has 1 fully saturated rings. The van der Waals surface area contributed by atoms with Gasteiger partial charge in [0.15, 0.2) is 5.41 Å². The lowest BCUT2D eigenvalue weighted by Gasteiger charge is -2.51. The second-order valence-electron chi connectivity index (χ2n) is 6.55. The molecular formula is C21H18F3NO3. The van der Waals surface area contributed by atoms with Crippen molar-refractivity contribution in [3.8, 4) is 0 Å². The van der Waals surface area contributed by atoms with Gasteiger partial charge in [-0.1, -0.05) is 54.6 Å². The Kier molecular flexibility index (Phi) is 5.02. The monoisotopic (exact) mass is 389 g/mol. The van der Waals surface area contributed by atoms with Crippen molar-refractivity contribution in [3.63, 3.8) is 0 Å². The van der Waals surface area contributed by atoms with Gasteiger partial charge in [-0.25, -0.2) is 0 Å². The lowest BCUT2D eigenvalue weighted by atomic mass is 9.67. The summed E-state index contributed by atoms with van der Waals surface area (Å²) in [6.07, 6.45) is -1.51. The first-order valence-electron chi connectivity index (χ1n) is 8.49. The highest BCUT2D eigenvalue weighted by Gasteiger charge is 2.64. The molecule has 2 aromatic rings. The van der Waals surface area contributed by atoms with Crippen molar-refractivity contribution in [1.82, 2.24) is 4.90 Å². The van der Waals surface area contributed by atoms with Crippen LogP contribution in [0.5, 0.6) is 0 Å². The topological polar surface area (TPSA) is 46.6 Å². The molecule has 1 aliphatic heterocycles. The largest absolute Gasteiger partial charge is 0.468 e. The summed E-state index contributed by atoms with van der Waals surface area (Å²) in [6.45, 7) is 0. The average molecular weight is 389 g/mol. The van der Waals surface area contributed by atoms with Gasteiger partial charge in [-0.2, -0.15) is 13.2 Å². The molecule has 4 nitrogen and oxygen atoms in total. The average Bonchev–Trinajstić information content (AvgIpc) is 2.70. The summed E-state index contributed by atoms with van der Waals surface area (Å²) in [7, 11) is 2.60. The lowest BCUT2D eigenvalue weighted by Crippen LogP contribution is -2.64. The molecule has 1 aliphatic rings. The smallest absolute Gasteiger partial charge is 0.416 e. The number of amides is 1. The second-order valence-corrected chi connectivity index (χ2v) is 6.55. The van der Waals surface area contributed by atoms with E-state index < -0.39 is 35.1 Å². The molecule has 1 amide bonds. The predicted octanol–water partition coefficient (Wildman–Crippen LogP) is 4.09. The zero-order valence-corrected chi connectivity index (χ0v) is 15.2. The molecule has 0 aromatic heterocycles. The van der Waals surface area contributed by atoms with Crippen LogP contribution in [0, 0.1) is 5.41 Å². The summed E-state index contributed by atoms with van der Waals surface area (Å²) >= 11 is 0. The minimum absolute atomic E-state index is 0.208. The number of ether oxygens (including phenoxy) is 1. The molecule has 0 N–H and O–H groups in total. The molecule has 2 aromatic carbocycles. The number of nitrogens with zero attached hydrogens (tertiary/aromatic N) is 1. The van der Waals surface area contributed by atoms with E-state index in [1.165, 1.54) is 30.2 Å². The van der Waals surface area contributed by atoms with E-state index in [9.17, 15) is 22.8 Å². The lowest BCUT2D eigenvalue weighted by molar-refractivity contribution is -0.180. The molecule has 28 heavy (non-hydrogen) atoms. The fourth-order valence-corrected chi connectivity index (χ4v) is 3.53. The maximum absolute atomic E-state index is 13.1. The van der Waals surface area contributed by atoms with E-state index in [4.69, 9.17) is 4.74 Å². The third-order valence-electron chi connectivity index (χ3n) is 4.88. The molecule has 1 heterocycles. The second kappa shape index (κ2) is 7.14. The molecule has 0 bridgehead atoms. The van der Waals surface area contributed by atoms with Crippen LogP contribution in [0.4, 0.5) is 13.2 Å². The first-order valence-corrected chi connectivity index (χ1v) is 8.49. The molecular weight excluding hydrogens is 371 g/mol. The maximum Gasteiger partial charge on any atom is 0.416 e. The van der Waals surface area contributed by atoms with E-state index in [1.807, 2.05) is 6.07 Å². The first kappa shape index (κ1) is 19.7. The summed E-state index contributed by atoms with van der Waals surface area (Å²) < 4.78 is 44.2. The fraction of sp³-hybridized carbons (Fsp3) is 0.238. The van der Waals surface area contributed by atoms with Crippen LogP contribution < -0.4 is 0 Å². The number of methoxy groups -OCH3 is 1. The van der Waals surface area contributed by atoms with Crippen LogP contribution in [0.15, 0.2) is 60.7 Å². The Balaban J connectivity index is 2.09. The van der Waals surface area contributed by atoms with Gasteiger partial charge in [0.05, 0.1) is 18.7 Å². The Morgan fingerprint density at radius 1 is 1.14 bits per heavy atom. The summed E-state index contributed by atoms with van der Waals surface area (Å²) in [5.74, 6) is -1.35. The van der Waals surface area contributed by atoms with Crippen LogP contribution in [0.1, 0.15) is 22.7 Å². The molecule has 3 rings (SSSR count). The molecule has 0 aliphatic carbocycles. The van der Waals surface area contributed by atoms with Gasteiger partial charge >= 0.3 is 12.1 Å². The predicted molar refractivity (Wildman–Crippen MR) is 96.9 cm³/mol. The standard InChI is InChI=1S/C21H18F3NO3/c1-25-17(15-9-6-10-16(13-15)21(22,23)24)20(18(25)26,19(27)28-2)12-11-14-7-4-3-5-8-14/h3-13,17H,1-2H3/b12-11+/t17-,20+/m1/s1. The van der Waals surface area contributed by atoms with Crippen LogP contribution in [0.25, 0.3) is 6.08 Å². The number of hydrogen-bond acceptors (Lipinski definition) is 3. The number of alkyl halides is 3. The van der Waals surface area contributed by atoms with Gasteiger partial charge in [-0.05, 0) is 23.3 Å². The molecule has 0 radical (unpaired) electrons. The van der Waals surface area contributed by atoms with E-state index in [2.05, 4.69) is 0 Å². The van der Waals surface area contributed by atoms with Crippen molar-refractivity contribution in [2.24, 2.45) is 5.41 Å². The normalized spacial score (nSPS) is 22.2. The highest BCUT2D eigenvalue weighted by Crippen LogP contribution is 2.52. The molecule has 0 unspecified atom stereocenters. The number of likely N-dealkylation sites (tertiary alicyclic amines) is 1. The van der Waals surface area contributed by atoms with E-state index >= 15 is 0 Å². The van der Waals surface area contributed by atoms with E-state index in [1.54, 1.807) is 30.3 Å². The number of hydrogen-bond donors (Lipinski definition) is 0. The van der Waals surface area contributed by atoms with Crippen LogP contribution >= 0.6 is 0 Å². The van der Waals surface area contributed by atoms with Gasteiger partial charge < -0.3 is 9.64 Å². The van der Waals surface area contributed by atoms with E-state index in [0.29, 0.717) is 0 Å². The number of benzene rings is 2. The van der Waals surface area contributed by atoms with Gasteiger partial charge in [0.25, 0.3) is 0 Å². The highest BCUT2D eigenvalue weighted by atomic mass is 19.4. The van der Waals surface area contributed by atoms with Crippen LogP contribution in [0.3, 0.4) is 0 Å². The SMILES string of the molecule is COC(=O)[C@]1(/C=C/c2ccccc2)C(=O)N(C)[C@@H]1c1cccc(C(F)(F)F)c1. The number of carbonyl (C=O) groups is 2. The minimum atomic E-state index is -4.53. The van der Waals surface area contributed by atoms with Crippen molar-refractivity contribution in [3.05, 3.63) is 77.4 Å². The van der Waals surface area contributed by atoms with Gasteiger partial charge in [-0.3, -0.25) is 9.59 Å². The number of β-lactam (4-membered cyclic amide) rings is 1. The quantitative estimate of drug-likeness (QED) is 0.450. The van der Waals surface area contributed by atoms with E-state index in [-0.39, 0.29) is 5.56 Å². The summed E-state index contributed by atoms with van der Waals surface area (Å²) in [6, 6.07) is 12.7. The number of rotatable bonds is 4. The summed E-state index contributed by atoms with van der Waals surface area (Å²) in [5.41, 5.74) is -1.61. The third-order valence-corrected chi connectivity index (χ3v) is 4.88. The Bertz CT molecular complexity index is 914. The third kappa shape index (κ3) is 3.17. The number of esters is 1. The van der Waals surface area contributed by atoms with Crippen molar-refractivity contribution in [1.29, 1.82) is 0 Å². The Labute approximate surface area is 160 Å². The van der Waals surface area contributed by atoms with Gasteiger partial charge in [0, 0.05) is 7.05 Å². The number of carbonyl (C=O) groups excluding carboxylic acids is 2. The van der Waals surface area contributed by atoms with Crippen molar-refractivity contribution >= 4 is 18.0 Å². The van der Waals surface area contributed by atoms with Gasteiger partial charge in [0.1, 0.15) is 0 Å². The Morgan fingerprint density at radius 2 is 1.82 bits per heavy atom. The Morgan fingerprint density at radius 3 is 2.43 bits per heavy atom. The zero-order valence-electron chi connectivity index (χ0n) is 15.2. The van der Waals surface area contributed by atoms with Crippen LogP contribution in [-0.4, -0.2) is 30.9 Å². The minimum Gasteiger partial charge on any atom is -0.468 e. The zero-order chi connectivity index (χ0) is 20.5. The van der Waals surface area contributed by atoms with E-state index in [0.717, 1.165) is 24.8 Å². The summed E-state index contributed by atoms with van der Waals surface area (Å²) in [4.78, 5) is 26.6. The number of halogens is 3. The molecule has 146 valence electrons. The van der Waals surface area contributed by atoms with Gasteiger partial charge in [0.2, 0.25) is 5.91 Å². The van der Waals surface area contributed by atoms with Crippen molar-refractivity contribution in [2.75, 3.05) is 14.2 Å². The molecule has 1 saturated heterocycles. The van der Waals surface area contributed by atoms with Gasteiger partial charge in [-0.15, -0.1) is 0 Å². The summed E-state index contributed by atoms with van der Waals surface area (Å²) in [5, 5.41) is 0. The first-order chi connectivity index (χ1) is 13.2. The Hall–Kier alpha value is -3.09. The molecule has 0 saturated carbocycles.